The molecule has 106 valence electrons. The Morgan fingerprint density at radius 3 is 2.11 bits per heavy atom. The van der Waals surface area contributed by atoms with Gasteiger partial charge in [0.2, 0.25) is 5.91 Å². The summed E-state index contributed by atoms with van der Waals surface area (Å²) in [5, 5.41) is 0. The van der Waals surface area contributed by atoms with E-state index < -0.39 is 0 Å². The molecule has 0 aromatic rings. The Bertz CT molecular complexity index is 258. The Balaban J connectivity index is 2.32. The van der Waals surface area contributed by atoms with Crippen LogP contribution in [-0.2, 0) is 4.79 Å². The molecule has 18 heavy (non-hydrogen) atoms. The quantitative estimate of drug-likeness (QED) is 0.802. The van der Waals surface area contributed by atoms with Crippen LogP contribution in [-0.4, -0.2) is 54.5 Å². The van der Waals surface area contributed by atoms with Gasteiger partial charge in [0.15, 0.2) is 0 Å². The molecule has 1 rings (SSSR count). The number of carbonyl (C=O) groups excluding carboxylic acids is 1. The van der Waals surface area contributed by atoms with Gasteiger partial charge in [-0.1, -0.05) is 27.7 Å². The van der Waals surface area contributed by atoms with E-state index in [-0.39, 0.29) is 17.9 Å². The van der Waals surface area contributed by atoms with Gasteiger partial charge in [-0.3, -0.25) is 9.69 Å². The number of piperazine rings is 1. The average molecular weight is 255 g/mol. The fourth-order valence-electron chi connectivity index (χ4n) is 2.13. The summed E-state index contributed by atoms with van der Waals surface area (Å²) in [6, 6.07) is -0.341. The van der Waals surface area contributed by atoms with Crippen molar-refractivity contribution in [1.29, 1.82) is 0 Å². The highest BCUT2D eigenvalue weighted by atomic mass is 16.2. The van der Waals surface area contributed by atoms with E-state index in [0.717, 1.165) is 38.6 Å². The second-order valence-corrected chi connectivity index (χ2v) is 6.12. The number of rotatable bonds is 5. The van der Waals surface area contributed by atoms with Gasteiger partial charge in [0, 0.05) is 26.2 Å². The highest BCUT2D eigenvalue weighted by Gasteiger charge is 2.26. The zero-order valence-electron chi connectivity index (χ0n) is 12.4. The van der Waals surface area contributed by atoms with Crippen LogP contribution in [0.2, 0.25) is 0 Å². The average Bonchev–Trinajstić information content (AvgIpc) is 2.35. The van der Waals surface area contributed by atoms with Gasteiger partial charge in [-0.25, -0.2) is 0 Å². The molecule has 0 spiro atoms. The molecule has 1 heterocycles. The summed E-state index contributed by atoms with van der Waals surface area (Å²) in [5.74, 6) is 1.09. The second-order valence-electron chi connectivity index (χ2n) is 6.12. The van der Waals surface area contributed by atoms with Crippen LogP contribution in [0.4, 0.5) is 0 Å². The molecule has 0 bridgehead atoms. The first-order valence-corrected chi connectivity index (χ1v) is 7.18. The molecule has 1 saturated heterocycles. The topological polar surface area (TPSA) is 49.6 Å². The predicted octanol–water partition coefficient (Wildman–Crippen LogP) is 1.16. The van der Waals surface area contributed by atoms with E-state index in [1.54, 1.807) is 0 Å². The van der Waals surface area contributed by atoms with Crippen molar-refractivity contribution in [3.63, 3.8) is 0 Å². The van der Waals surface area contributed by atoms with Crippen molar-refractivity contribution in [1.82, 2.24) is 9.80 Å². The van der Waals surface area contributed by atoms with E-state index in [1.807, 2.05) is 18.7 Å². The summed E-state index contributed by atoms with van der Waals surface area (Å²) >= 11 is 0. The molecular formula is C14H29N3O. The highest BCUT2D eigenvalue weighted by molar-refractivity contribution is 5.82. The molecule has 1 amide bonds. The first-order chi connectivity index (χ1) is 8.41. The maximum atomic E-state index is 12.1. The van der Waals surface area contributed by atoms with E-state index in [2.05, 4.69) is 18.7 Å². The second kappa shape index (κ2) is 7.10. The van der Waals surface area contributed by atoms with Gasteiger partial charge in [0.1, 0.15) is 0 Å². The van der Waals surface area contributed by atoms with Crippen LogP contribution in [0.25, 0.3) is 0 Å². The molecule has 1 aliphatic heterocycles. The molecule has 0 unspecified atom stereocenters. The number of hydrogen-bond donors (Lipinski definition) is 1. The zero-order chi connectivity index (χ0) is 13.7. The highest BCUT2D eigenvalue weighted by Crippen LogP contribution is 2.09. The van der Waals surface area contributed by atoms with E-state index >= 15 is 0 Å². The summed E-state index contributed by atoms with van der Waals surface area (Å²) in [5.41, 5.74) is 5.92. The first-order valence-electron chi connectivity index (χ1n) is 7.18. The summed E-state index contributed by atoms with van der Waals surface area (Å²) in [6.45, 7) is 13.3. The maximum Gasteiger partial charge on any atom is 0.239 e. The van der Waals surface area contributed by atoms with E-state index in [4.69, 9.17) is 5.73 Å². The summed E-state index contributed by atoms with van der Waals surface area (Å²) < 4.78 is 0. The van der Waals surface area contributed by atoms with Crippen LogP contribution in [0.5, 0.6) is 0 Å². The van der Waals surface area contributed by atoms with Gasteiger partial charge in [0.05, 0.1) is 6.04 Å². The molecule has 4 heteroatoms. The molecule has 1 fully saturated rings. The largest absolute Gasteiger partial charge is 0.339 e. The van der Waals surface area contributed by atoms with Crippen molar-refractivity contribution in [2.45, 2.75) is 40.2 Å². The third-order valence-electron chi connectivity index (χ3n) is 3.71. The molecule has 1 aliphatic rings. The molecule has 0 saturated carbocycles. The molecule has 4 nitrogen and oxygen atoms in total. The minimum atomic E-state index is -0.341. The van der Waals surface area contributed by atoms with Crippen LogP contribution < -0.4 is 5.73 Å². The van der Waals surface area contributed by atoms with Crippen LogP contribution in [0.3, 0.4) is 0 Å². The maximum absolute atomic E-state index is 12.1. The van der Waals surface area contributed by atoms with Gasteiger partial charge in [-0.15, -0.1) is 0 Å². The number of carbonyl (C=O) groups is 1. The molecule has 0 aromatic carbocycles. The van der Waals surface area contributed by atoms with Crippen LogP contribution >= 0.6 is 0 Å². The zero-order valence-corrected chi connectivity index (χ0v) is 12.4. The molecule has 0 aromatic heterocycles. The van der Waals surface area contributed by atoms with Crippen molar-refractivity contribution >= 4 is 5.91 Å². The lowest BCUT2D eigenvalue weighted by atomic mass is 10.0. The van der Waals surface area contributed by atoms with Gasteiger partial charge >= 0.3 is 0 Å². The predicted molar refractivity (Wildman–Crippen MR) is 75.3 cm³/mol. The normalized spacial score (nSPS) is 19.6. The molecule has 0 radical (unpaired) electrons. The number of hydrogen-bond acceptors (Lipinski definition) is 3. The summed E-state index contributed by atoms with van der Waals surface area (Å²) in [7, 11) is 0. The summed E-state index contributed by atoms with van der Waals surface area (Å²) in [4.78, 5) is 16.5. The van der Waals surface area contributed by atoms with Gasteiger partial charge in [-0.2, -0.15) is 0 Å². The van der Waals surface area contributed by atoms with Crippen molar-refractivity contribution in [3.05, 3.63) is 0 Å². The van der Waals surface area contributed by atoms with Gasteiger partial charge in [0.25, 0.3) is 0 Å². The summed E-state index contributed by atoms with van der Waals surface area (Å²) in [6.07, 6.45) is 1.24. The minimum Gasteiger partial charge on any atom is -0.339 e. The number of nitrogens with zero attached hydrogens (tertiary/aromatic N) is 2. The lowest BCUT2D eigenvalue weighted by Crippen LogP contribution is -2.54. The fourth-order valence-corrected chi connectivity index (χ4v) is 2.13. The van der Waals surface area contributed by atoms with E-state index in [1.165, 1.54) is 6.42 Å². The number of nitrogens with two attached hydrogens (primary N) is 1. The lowest BCUT2D eigenvalue weighted by Gasteiger charge is -2.36. The fraction of sp³-hybridized carbons (Fsp3) is 0.929. The lowest BCUT2D eigenvalue weighted by molar-refractivity contribution is -0.135. The van der Waals surface area contributed by atoms with Gasteiger partial charge in [-0.05, 0) is 24.8 Å². The van der Waals surface area contributed by atoms with E-state index in [9.17, 15) is 4.79 Å². The minimum absolute atomic E-state index is 0.119. The SMILES string of the molecule is CC(C)CCN1CCN(C(=O)[C@H](N)C(C)C)CC1. The standard InChI is InChI=1S/C14H29N3O/c1-11(2)5-6-16-7-9-17(10-8-16)14(18)13(15)12(3)4/h11-13H,5-10,15H2,1-4H3/t13-/m1/s1. The third-order valence-corrected chi connectivity index (χ3v) is 3.71. The van der Waals surface area contributed by atoms with Crippen LogP contribution in [0.1, 0.15) is 34.1 Å². The van der Waals surface area contributed by atoms with Crippen LogP contribution in [0, 0.1) is 11.8 Å². The molecule has 1 atom stereocenters. The molecule has 0 aliphatic carbocycles. The van der Waals surface area contributed by atoms with E-state index in [0.29, 0.717) is 0 Å². The Morgan fingerprint density at radius 2 is 1.67 bits per heavy atom. The molecule has 2 N–H and O–H groups in total. The third kappa shape index (κ3) is 4.58. The monoisotopic (exact) mass is 255 g/mol. The van der Waals surface area contributed by atoms with Crippen molar-refractivity contribution in [3.8, 4) is 0 Å². The van der Waals surface area contributed by atoms with Crippen molar-refractivity contribution in [2.75, 3.05) is 32.7 Å². The van der Waals surface area contributed by atoms with Crippen LogP contribution in [0.15, 0.2) is 0 Å². The first kappa shape index (κ1) is 15.4. The van der Waals surface area contributed by atoms with Crippen molar-refractivity contribution in [2.24, 2.45) is 17.6 Å². The Morgan fingerprint density at radius 1 is 1.11 bits per heavy atom. The van der Waals surface area contributed by atoms with Crippen molar-refractivity contribution < 1.29 is 4.79 Å². The smallest absolute Gasteiger partial charge is 0.239 e. The Labute approximate surface area is 111 Å². The Hall–Kier alpha value is -0.610. The number of amides is 1. The van der Waals surface area contributed by atoms with Gasteiger partial charge < -0.3 is 10.6 Å². The Kier molecular flexibility index (Phi) is 6.09. The molecular weight excluding hydrogens is 226 g/mol.